The number of hydrogen-bond donors (Lipinski definition) is 0. The van der Waals surface area contributed by atoms with Crippen molar-refractivity contribution in [2.24, 2.45) is 0 Å². The largest absolute Gasteiger partial charge is 1.00 e. The fourth-order valence-electron chi connectivity index (χ4n) is 4.02. The van der Waals surface area contributed by atoms with Gasteiger partial charge in [-0.15, -0.1) is 0 Å². The Labute approximate surface area is 218 Å². The van der Waals surface area contributed by atoms with Gasteiger partial charge in [-0.25, -0.2) is 0 Å². The van der Waals surface area contributed by atoms with Crippen molar-refractivity contribution in [2.45, 2.75) is 58.4 Å². The van der Waals surface area contributed by atoms with Crippen LogP contribution in [0.4, 0.5) is 0 Å². The summed E-state index contributed by atoms with van der Waals surface area (Å²) in [4.78, 5) is 14.1. The van der Waals surface area contributed by atoms with Gasteiger partial charge < -0.3 is 21.4 Å². The maximum absolute atomic E-state index is 14.1. The Hall–Kier alpha value is -1.58. The van der Waals surface area contributed by atoms with Gasteiger partial charge in [0.25, 0.3) is 0 Å². The average Bonchev–Trinajstić information content (AvgIpc) is 2.77. The van der Waals surface area contributed by atoms with E-state index in [-0.39, 0.29) is 27.8 Å². The molecule has 0 amide bonds. The molecule has 0 aliphatic rings. The minimum absolute atomic E-state index is 0. The quantitative estimate of drug-likeness (QED) is 0.314. The van der Waals surface area contributed by atoms with Gasteiger partial charge >= 0.3 is 0 Å². The smallest absolute Gasteiger partial charge is 0.200 e. The summed E-state index contributed by atoms with van der Waals surface area (Å²) in [7, 11) is -4.35. The van der Waals surface area contributed by atoms with Crippen LogP contribution >= 0.6 is 7.26 Å². The molecule has 3 rings (SSSR count). The van der Waals surface area contributed by atoms with Crippen molar-refractivity contribution < 1.29 is 26.2 Å². The van der Waals surface area contributed by atoms with E-state index in [1.807, 2.05) is 32.0 Å². The van der Waals surface area contributed by atoms with Crippen LogP contribution in [-0.2, 0) is 9.22 Å². The minimum atomic E-state index is -2.23. The lowest BCUT2D eigenvalue weighted by atomic mass is 10.1. The van der Waals surface area contributed by atoms with Crippen LogP contribution in [0.3, 0.4) is 0 Å². The second kappa shape index (κ2) is 11.0. The molecule has 0 saturated heterocycles. The van der Waals surface area contributed by atoms with E-state index in [1.54, 1.807) is 0 Å². The molecule has 0 atom stereocenters. The van der Waals surface area contributed by atoms with Crippen molar-refractivity contribution in [3.8, 4) is 0 Å². The molecular weight excluding hydrogens is 519 g/mol. The monoisotopic (exact) mass is 556 g/mol. The number of rotatable bonds is 8. The highest BCUT2D eigenvalue weighted by Crippen LogP contribution is 2.56. The molecule has 0 aliphatic heterocycles. The van der Waals surface area contributed by atoms with Gasteiger partial charge in [0.15, 0.2) is 8.32 Å². The highest BCUT2D eigenvalue weighted by atomic mass is 79.9. The molecule has 3 aromatic rings. The zero-order valence-corrected chi connectivity index (χ0v) is 25.0. The predicted molar refractivity (Wildman–Crippen MR) is 147 cm³/mol. The number of halogens is 1. The van der Waals surface area contributed by atoms with Crippen LogP contribution in [-0.4, -0.2) is 25.9 Å². The highest BCUT2D eigenvalue weighted by molar-refractivity contribution is 7.96. The molecule has 0 fully saturated rings. The fraction of sp³-hybridized carbons (Fsp3) is 0.345. The highest BCUT2D eigenvalue weighted by Gasteiger charge is 2.51. The van der Waals surface area contributed by atoms with Gasteiger partial charge in [0.1, 0.15) is 34.9 Å². The molecule has 0 spiro atoms. The van der Waals surface area contributed by atoms with Crippen LogP contribution in [0.15, 0.2) is 91.0 Å². The van der Waals surface area contributed by atoms with Gasteiger partial charge in [-0.1, -0.05) is 75.4 Å². The first-order valence-electron chi connectivity index (χ1n) is 11.7. The molecule has 0 bridgehead atoms. The van der Waals surface area contributed by atoms with Gasteiger partial charge in [0, 0.05) is 0 Å². The molecule has 0 unspecified atom stereocenters. The predicted octanol–water partition coefficient (Wildman–Crippen LogP) is 3.35. The zero-order chi connectivity index (χ0) is 24.3. The van der Waals surface area contributed by atoms with Crippen LogP contribution < -0.4 is 32.9 Å². The third kappa shape index (κ3) is 5.97. The molecule has 34 heavy (non-hydrogen) atoms. The fourth-order valence-corrected chi connectivity index (χ4v) is 10.0. The molecule has 0 N–H and O–H groups in total. The maximum atomic E-state index is 14.1. The van der Waals surface area contributed by atoms with Crippen molar-refractivity contribution >= 4 is 37.3 Å². The standard InChI is InChI=1S/C29H38O2PSi.BrH/c1-28(2,3)33(6,7)31-29(4,5)27(30)23-32(24-17-11-8-12-18-24,25-19-13-9-14-20-25)26-21-15-10-16-22-26;/h8-22H,23H2,1-7H3;1H/q+1;/p-1. The number of hydrogen-bond acceptors (Lipinski definition) is 2. The van der Waals surface area contributed by atoms with Gasteiger partial charge in [-0.2, -0.15) is 0 Å². The van der Waals surface area contributed by atoms with Gasteiger partial charge in [-0.05, 0) is 68.4 Å². The lowest BCUT2D eigenvalue weighted by molar-refractivity contribution is -0.130. The van der Waals surface area contributed by atoms with E-state index in [4.69, 9.17) is 4.43 Å². The molecule has 0 aliphatic carbocycles. The summed E-state index contributed by atoms with van der Waals surface area (Å²) in [6, 6.07) is 31.7. The Bertz CT molecular complexity index is 965. The number of Topliss-reactive ketones (excluding diaryl/α,β-unsaturated/α-hetero) is 1. The van der Waals surface area contributed by atoms with Crippen LogP contribution in [0.1, 0.15) is 34.6 Å². The normalized spacial score (nSPS) is 12.7. The van der Waals surface area contributed by atoms with Gasteiger partial charge in [0.2, 0.25) is 5.78 Å². The van der Waals surface area contributed by atoms with Crippen molar-refractivity contribution in [1.82, 2.24) is 0 Å². The van der Waals surface area contributed by atoms with E-state index in [9.17, 15) is 4.79 Å². The summed E-state index contributed by atoms with van der Waals surface area (Å²) in [5, 5.41) is 3.70. The first kappa shape index (κ1) is 28.7. The SMILES string of the molecule is CC(C)(O[Si](C)(C)C(C)(C)C)C(=O)C[P+](c1ccccc1)(c1ccccc1)c1ccccc1.[Br-]. The van der Waals surface area contributed by atoms with Gasteiger partial charge in [0.05, 0.1) is 0 Å². The molecule has 0 radical (unpaired) electrons. The van der Waals surface area contributed by atoms with Crippen LogP contribution in [0.25, 0.3) is 0 Å². The second-order valence-electron chi connectivity index (χ2n) is 10.8. The average molecular weight is 558 g/mol. The maximum Gasteiger partial charge on any atom is 0.200 e. The second-order valence-corrected chi connectivity index (χ2v) is 19.0. The summed E-state index contributed by atoms with van der Waals surface area (Å²) in [6.07, 6.45) is 0.437. The Balaban J connectivity index is 0.00000408. The molecule has 0 saturated carbocycles. The first-order chi connectivity index (χ1) is 15.4. The molecule has 3 aromatic carbocycles. The van der Waals surface area contributed by atoms with Crippen LogP contribution in [0.5, 0.6) is 0 Å². The third-order valence-electron chi connectivity index (χ3n) is 6.96. The Kier molecular flexibility index (Phi) is 9.27. The van der Waals surface area contributed by atoms with E-state index < -0.39 is 21.2 Å². The van der Waals surface area contributed by atoms with Crippen molar-refractivity contribution in [3.05, 3.63) is 91.0 Å². The summed E-state index contributed by atoms with van der Waals surface area (Å²) in [5.74, 6) is 0.164. The lowest BCUT2D eigenvalue weighted by Gasteiger charge is -2.42. The van der Waals surface area contributed by atoms with E-state index in [0.717, 1.165) is 0 Å². The number of carbonyl (C=O) groups is 1. The van der Waals surface area contributed by atoms with Crippen LogP contribution in [0, 0.1) is 0 Å². The minimum Gasteiger partial charge on any atom is -1.00 e. The number of carbonyl (C=O) groups excluding carboxylic acids is 1. The molecular formula is C29H38BrO2PSi. The summed E-state index contributed by atoms with van der Waals surface area (Å²) in [6.45, 7) is 15.0. The van der Waals surface area contributed by atoms with E-state index in [1.165, 1.54) is 15.9 Å². The van der Waals surface area contributed by atoms with E-state index >= 15 is 0 Å². The summed E-state index contributed by atoms with van der Waals surface area (Å²) < 4.78 is 6.71. The van der Waals surface area contributed by atoms with Gasteiger partial charge in [-0.3, -0.25) is 4.79 Å². The van der Waals surface area contributed by atoms with E-state index in [0.29, 0.717) is 6.16 Å². The summed E-state index contributed by atoms with van der Waals surface area (Å²) in [5.41, 5.74) is -0.855. The number of ketones is 1. The van der Waals surface area contributed by atoms with Crippen molar-refractivity contribution in [3.63, 3.8) is 0 Å². The number of benzene rings is 3. The Morgan fingerprint density at radius 3 is 1.32 bits per heavy atom. The molecule has 182 valence electrons. The Morgan fingerprint density at radius 2 is 1.03 bits per heavy atom. The first-order valence-corrected chi connectivity index (χ1v) is 16.6. The van der Waals surface area contributed by atoms with Crippen molar-refractivity contribution in [2.75, 3.05) is 6.16 Å². The zero-order valence-electron chi connectivity index (χ0n) is 21.5. The molecule has 5 heteroatoms. The van der Waals surface area contributed by atoms with Crippen LogP contribution in [0.2, 0.25) is 18.1 Å². The topological polar surface area (TPSA) is 26.3 Å². The lowest BCUT2D eigenvalue weighted by Crippen LogP contribution is -3.00. The third-order valence-corrected chi connectivity index (χ3v) is 15.9. The van der Waals surface area contributed by atoms with Crippen molar-refractivity contribution in [1.29, 1.82) is 0 Å². The Morgan fingerprint density at radius 1 is 0.706 bits per heavy atom. The molecule has 2 nitrogen and oxygen atoms in total. The molecule has 0 heterocycles. The van der Waals surface area contributed by atoms with E-state index in [2.05, 4.69) is 107 Å². The molecule has 0 aromatic heterocycles. The summed E-state index contributed by atoms with van der Waals surface area (Å²) >= 11 is 0.